The molecule has 1 rings (SSSR count). The number of esters is 1. The minimum atomic E-state index is -4.03. The van der Waals surface area contributed by atoms with E-state index in [1.807, 2.05) is 0 Å². The fraction of sp³-hybridized carbons (Fsp3) is 0.385. The number of carboxylic acids is 1. The monoisotopic (exact) mass is 315 g/mol. The Morgan fingerprint density at radius 1 is 1.33 bits per heavy atom. The highest BCUT2D eigenvalue weighted by molar-refractivity contribution is 7.89. The molecular formula is C13H17NO6S. The number of hydrogen-bond donors (Lipinski definition) is 1. The van der Waals surface area contributed by atoms with Crippen LogP contribution in [0.15, 0.2) is 23.1 Å². The number of carbonyl (C=O) groups is 2. The molecule has 0 aliphatic heterocycles. The molecule has 7 nitrogen and oxygen atoms in total. The SMILES string of the molecule is COC(=O)c1ccc(C)c(S(=O)(=O)N(C)C(C)C(=O)O)c1. The molecule has 0 aliphatic carbocycles. The molecule has 116 valence electrons. The van der Waals surface area contributed by atoms with Gasteiger partial charge in [0.2, 0.25) is 10.0 Å². The van der Waals surface area contributed by atoms with Crippen molar-refractivity contribution in [3.05, 3.63) is 29.3 Å². The summed E-state index contributed by atoms with van der Waals surface area (Å²) >= 11 is 0. The molecule has 0 aliphatic rings. The van der Waals surface area contributed by atoms with Crippen molar-refractivity contribution in [3.8, 4) is 0 Å². The molecule has 0 aromatic heterocycles. The summed E-state index contributed by atoms with van der Waals surface area (Å²) in [7, 11) is -1.67. The van der Waals surface area contributed by atoms with Crippen molar-refractivity contribution in [2.24, 2.45) is 0 Å². The molecule has 0 saturated heterocycles. The van der Waals surface area contributed by atoms with E-state index in [-0.39, 0.29) is 10.5 Å². The lowest BCUT2D eigenvalue weighted by atomic mass is 10.1. The van der Waals surface area contributed by atoms with Gasteiger partial charge in [-0.15, -0.1) is 0 Å². The molecule has 0 spiro atoms. The molecule has 1 aromatic carbocycles. The molecule has 0 amide bonds. The predicted octanol–water partition coefficient (Wildman–Crippen LogP) is 0.875. The number of nitrogens with zero attached hydrogens (tertiary/aromatic N) is 1. The van der Waals surface area contributed by atoms with Gasteiger partial charge in [-0.2, -0.15) is 4.31 Å². The summed E-state index contributed by atoms with van der Waals surface area (Å²) in [6, 6.07) is 2.87. The predicted molar refractivity (Wildman–Crippen MR) is 74.6 cm³/mol. The third-order valence-corrected chi connectivity index (χ3v) is 5.24. The van der Waals surface area contributed by atoms with Crippen molar-refractivity contribution in [2.45, 2.75) is 24.8 Å². The van der Waals surface area contributed by atoms with E-state index in [4.69, 9.17) is 5.11 Å². The third kappa shape index (κ3) is 3.40. The average Bonchev–Trinajstić information content (AvgIpc) is 2.44. The van der Waals surface area contributed by atoms with Crippen molar-refractivity contribution >= 4 is 22.0 Å². The van der Waals surface area contributed by atoms with Crippen LogP contribution in [0.2, 0.25) is 0 Å². The van der Waals surface area contributed by atoms with Crippen LogP contribution < -0.4 is 0 Å². The van der Waals surface area contributed by atoms with Crippen LogP contribution in [0.3, 0.4) is 0 Å². The maximum atomic E-state index is 12.5. The zero-order valence-corrected chi connectivity index (χ0v) is 13.0. The van der Waals surface area contributed by atoms with Gasteiger partial charge in [0.05, 0.1) is 17.6 Å². The standard InChI is InChI=1S/C13H17NO6S/c1-8-5-6-10(13(17)20-4)7-11(8)21(18,19)14(3)9(2)12(15)16/h5-7,9H,1-4H3,(H,15,16). The van der Waals surface area contributed by atoms with E-state index in [0.717, 1.165) is 4.31 Å². The lowest BCUT2D eigenvalue weighted by molar-refractivity contribution is -0.140. The number of carboxylic acid groups (broad SMARTS) is 1. The number of aryl methyl sites for hydroxylation is 1. The number of aliphatic carboxylic acids is 1. The molecule has 0 radical (unpaired) electrons. The van der Waals surface area contributed by atoms with Crippen LogP contribution in [-0.4, -0.2) is 50.0 Å². The second-order valence-corrected chi connectivity index (χ2v) is 6.47. The van der Waals surface area contributed by atoms with E-state index < -0.39 is 28.0 Å². The highest BCUT2D eigenvalue weighted by Gasteiger charge is 2.31. The van der Waals surface area contributed by atoms with Crippen molar-refractivity contribution in [2.75, 3.05) is 14.2 Å². The number of ether oxygens (including phenoxy) is 1. The van der Waals surface area contributed by atoms with Crippen LogP contribution >= 0.6 is 0 Å². The van der Waals surface area contributed by atoms with E-state index in [9.17, 15) is 18.0 Å². The van der Waals surface area contributed by atoms with E-state index >= 15 is 0 Å². The summed E-state index contributed by atoms with van der Waals surface area (Å²) in [4.78, 5) is 22.3. The zero-order chi connectivity index (χ0) is 16.4. The van der Waals surface area contributed by atoms with E-state index in [2.05, 4.69) is 4.74 Å². The van der Waals surface area contributed by atoms with Crippen molar-refractivity contribution < 1.29 is 27.9 Å². The summed E-state index contributed by atoms with van der Waals surface area (Å²) in [5.41, 5.74) is 0.491. The van der Waals surface area contributed by atoms with Crippen LogP contribution in [0.25, 0.3) is 0 Å². The first-order chi connectivity index (χ1) is 9.62. The van der Waals surface area contributed by atoms with Gasteiger partial charge in [-0.1, -0.05) is 6.07 Å². The van der Waals surface area contributed by atoms with Crippen LogP contribution in [-0.2, 0) is 19.6 Å². The molecule has 1 N–H and O–H groups in total. The van der Waals surface area contributed by atoms with Gasteiger partial charge in [0, 0.05) is 7.05 Å². The first-order valence-corrected chi connectivity index (χ1v) is 7.46. The molecule has 21 heavy (non-hydrogen) atoms. The zero-order valence-electron chi connectivity index (χ0n) is 12.2. The normalized spacial score (nSPS) is 13.0. The summed E-state index contributed by atoms with van der Waals surface area (Å²) in [5, 5.41) is 8.93. The summed E-state index contributed by atoms with van der Waals surface area (Å²) < 4.78 is 30.2. The van der Waals surface area contributed by atoms with Crippen LogP contribution in [0.1, 0.15) is 22.8 Å². The maximum Gasteiger partial charge on any atom is 0.337 e. The highest BCUT2D eigenvalue weighted by Crippen LogP contribution is 2.22. The van der Waals surface area contributed by atoms with Gasteiger partial charge in [-0.05, 0) is 31.5 Å². The molecule has 1 aromatic rings. The Morgan fingerprint density at radius 3 is 2.38 bits per heavy atom. The number of likely N-dealkylation sites (N-methyl/N-ethyl adjacent to an activating group) is 1. The Morgan fingerprint density at radius 2 is 1.90 bits per heavy atom. The number of sulfonamides is 1. The Labute approximate surface area is 123 Å². The lowest BCUT2D eigenvalue weighted by Gasteiger charge is -2.22. The fourth-order valence-corrected chi connectivity index (χ4v) is 3.21. The quantitative estimate of drug-likeness (QED) is 0.809. The fourth-order valence-electron chi connectivity index (χ4n) is 1.64. The molecule has 0 saturated carbocycles. The molecule has 1 unspecified atom stereocenters. The van der Waals surface area contributed by atoms with Crippen molar-refractivity contribution in [3.63, 3.8) is 0 Å². The molecule has 1 atom stereocenters. The second kappa shape index (κ2) is 6.23. The molecule has 0 fully saturated rings. The molecule has 0 heterocycles. The average molecular weight is 315 g/mol. The van der Waals surface area contributed by atoms with Gasteiger partial charge in [-0.3, -0.25) is 4.79 Å². The van der Waals surface area contributed by atoms with E-state index in [1.165, 1.54) is 39.3 Å². The highest BCUT2D eigenvalue weighted by atomic mass is 32.2. The van der Waals surface area contributed by atoms with Gasteiger partial charge < -0.3 is 9.84 Å². The number of benzene rings is 1. The Balaban J connectivity index is 3.37. The van der Waals surface area contributed by atoms with Crippen LogP contribution in [0, 0.1) is 6.92 Å². The second-order valence-electron chi connectivity index (χ2n) is 4.51. The number of hydrogen-bond acceptors (Lipinski definition) is 5. The maximum absolute atomic E-state index is 12.5. The molecular weight excluding hydrogens is 298 g/mol. The van der Waals surface area contributed by atoms with E-state index in [1.54, 1.807) is 6.92 Å². The smallest absolute Gasteiger partial charge is 0.337 e. The Kier molecular flexibility index (Phi) is 5.08. The van der Waals surface area contributed by atoms with Gasteiger partial charge in [0.25, 0.3) is 0 Å². The van der Waals surface area contributed by atoms with Gasteiger partial charge in [0.15, 0.2) is 0 Å². The Bertz CT molecular complexity index is 667. The third-order valence-electron chi connectivity index (χ3n) is 3.17. The summed E-state index contributed by atoms with van der Waals surface area (Å²) in [6.07, 6.45) is 0. The van der Waals surface area contributed by atoms with Gasteiger partial charge in [-0.25, -0.2) is 13.2 Å². The molecule has 8 heteroatoms. The molecule has 0 bridgehead atoms. The van der Waals surface area contributed by atoms with Gasteiger partial charge in [0.1, 0.15) is 6.04 Å². The summed E-state index contributed by atoms with van der Waals surface area (Å²) in [5.74, 6) is -1.93. The van der Waals surface area contributed by atoms with Crippen molar-refractivity contribution in [1.29, 1.82) is 0 Å². The number of carbonyl (C=O) groups excluding carboxylic acids is 1. The number of rotatable bonds is 5. The largest absolute Gasteiger partial charge is 0.480 e. The Hall–Kier alpha value is -1.93. The lowest BCUT2D eigenvalue weighted by Crippen LogP contribution is -2.40. The minimum absolute atomic E-state index is 0.0815. The first-order valence-electron chi connectivity index (χ1n) is 6.02. The number of methoxy groups -OCH3 is 1. The van der Waals surface area contributed by atoms with Crippen molar-refractivity contribution in [1.82, 2.24) is 4.31 Å². The summed E-state index contributed by atoms with van der Waals surface area (Å²) in [6.45, 7) is 2.83. The van der Waals surface area contributed by atoms with Crippen LogP contribution in [0.4, 0.5) is 0 Å². The van der Waals surface area contributed by atoms with E-state index in [0.29, 0.717) is 5.56 Å². The topological polar surface area (TPSA) is 101 Å². The van der Waals surface area contributed by atoms with Crippen LogP contribution in [0.5, 0.6) is 0 Å². The van der Waals surface area contributed by atoms with Gasteiger partial charge >= 0.3 is 11.9 Å². The minimum Gasteiger partial charge on any atom is -0.480 e. The first kappa shape index (κ1) is 17.1.